The van der Waals surface area contributed by atoms with E-state index in [-0.39, 0.29) is 11.8 Å². The largest absolute Gasteiger partial charge is 0.493 e. The van der Waals surface area contributed by atoms with E-state index in [0.717, 1.165) is 19.5 Å². The minimum atomic E-state index is -0.254. The summed E-state index contributed by atoms with van der Waals surface area (Å²) < 4.78 is 5.67. The molecule has 0 aromatic heterocycles. The number of anilines is 1. The fourth-order valence-electron chi connectivity index (χ4n) is 3.11. The Morgan fingerprint density at radius 1 is 1.04 bits per heavy atom. The molecule has 2 aromatic rings. The first-order valence-electron chi connectivity index (χ1n) is 9.69. The molecule has 0 atom stereocenters. The van der Waals surface area contributed by atoms with Crippen molar-refractivity contribution in [3.63, 3.8) is 0 Å². The molecule has 1 saturated heterocycles. The Bertz CT molecular complexity index is 829. The van der Waals surface area contributed by atoms with Gasteiger partial charge in [0.1, 0.15) is 5.75 Å². The highest BCUT2D eigenvalue weighted by Crippen LogP contribution is 2.21. The number of nitrogens with one attached hydrogen (secondary N) is 1. The lowest BCUT2D eigenvalue weighted by Crippen LogP contribution is -2.47. The maximum atomic E-state index is 12.8. The number of para-hydroxylation sites is 1. The maximum Gasteiger partial charge on any atom is 0.259 e. The number of benzene rings is 2. The first kappa shape index (κ1) is 19.9. The zero-order valence-electron chi connectivity index (χ0n) is 16.5. The van der Waals surface area contributed by atoms with Crippen LogP contribution in [0.5, 0.6) is 5.75 Å². The average Bonchev–Trinajstić information content (AvgIpc) is 2.72. The van der Waals surface area contributed by atoms with Crippen molar-refractivity contribution in [1.82, 2.24) is 9.80 Å². The molecule has 0 unspecified atom stereocenters. The van der Waals surface area contributed by atoms with Crippen molar-refractivity contribution in [2.75, 3.05) is 45.2 Å². The van der Waals surface area contributed by atoms with Crippen molar-refractivity contribution < 1.29 is 14.3 Å². The van der Waals surface area contributed by atoms with Crippen LogP contribution < -0.4 is 10.1 Å². The van der Waals surface area contributed by atoms with Crippen LogP contribution in [0.15, 0.2) is 48.5 Å². The van der Waals surface area contributed by atoms with Gasteiger partial charge in [-0.05, 0) is 43.8 Å². The summed E-state index contributed by atoms with van der Waals surface area (Å²) in [7, 11) is 2.06. The van der Waals surface area contributed by atoms with E-state index in [0.29, 0.717) is 42.3 Å². The van der Waals surface area contributed by atoms with Crippen LogP contribution in [-0.4, -0.2) is 61.4 Å². The van der Waals surface area contributed by atoms with Gasteiger partial charge >= 0.3 is 0 Å². The number of rotatable bonds is 6. The van der Waals surface area contributed by atoms with Crippen LogP contribution in [0.1, 0.15) is 34.1 Å². The molecule has 2 amide bonds. The summed E-state index contributed by atoms with van der Waals surface area (Å²) in [6.07, 6.45) is 0.867. The third kappa shape index (κ3) is 4.89. The molecule has 1 fully saturated rings. The maximum absolute atomic E-state index is 12.8. The second-order valence-electron chi connectivity index (χ2n) is 6.98. The molecule has 3 rings (SSSR count). The zero-order chi connectivity index (χ0) is 19.9. The molecule has 28 heavy (non-hydrogen) atoms. The van der Waals surface area contributed by atoms with Crippen LogP contribution in [0.25, 0.3) is 0 Å². The molecule has 148 valence electrons. The molecule has 1 heterocycles. The number of hydrogen-bond acceptors (Lipinski definition) is 4. The summed E-state index contributed by atoms with van der Waals surface area (Å²) in [5.74, 6) is 0.304. The third-order valence-electron chi connectivity index (χ3n) is 4.75. The van der Waals surface area contributed by atoms with Crippen molar-refractivity contribution in [2.45, 2.75) is 13.3 Å². The highest BCUT2D eigenvalue weighted by atomic mass is 16.5. The van der Waals surface area contributed by atoms with Gasteiger partial charge in [-0.25, -0.2) is 0 Å². The van der Waals surface area contributed by atoms with Crippen molar-refractivity contribution in [3.05, 3.63) is 59.7 Å². The number of nitrogens with zero attached hydrogens (tertiary/aromatic N) is 2. The van der Waals surface area contributed by atoms with Gasteiger partial charge < -0.3 is 19.9 Å². The highest BCUT2D eigenvalue weighted by Gasteiger charge is 2.21. The van der Waals surface area contributed by atoms with Crippen LogP contribution in [0.4, 0.5) is 5.69 Å². The molecular formula is C22H27N3O3. The van der Waals surface area contributed by atoms with Crippen molar-refractivity contribution >= 4 is 17.5 Å². The fraction of sp³-hybridized carbons (Fsp3) is 0.364. The summed E-state index contributed by atoms with van der Waals surface area (Å²) in [6.45, 7) is 5.75. The van der Waals surface area contributed by atoms with E-state index >= 15 is 0 Å². The quantitative estimate of drug-likeness (QED) is 0.835. The Morgan fingerprint density at radius 2 is 1.79 bits per heavy atom. The zero-order valence-corrected chi connectivity index (χ0v) is 16.5. The summed E-state index contributed by atoms with van der Waals surface area (Å²) in [5.41, 5.74) is 1.65. The third-order valence-corrected chi connectivity index (χ3v) is 4.75. The van der Waals surface area contributed by atoms with Crippen molar-refractivity contribution in [1.29, 1.82) is 0 Å². The predicted molar refractivity (Wildman–Crippen MR) is 110 cm³/mol. The minimum Gasteiger partial charge on any atom is -0.493 e. The molecule has 0 saturated carbocycles. The Morgan fingerprint density at radius 3 is 2.54 bits per heavy atom. The first-order chi connectivity index (χ1) is 13.6. The molecule has 1 aliphatic rings. The van der Waals surface area contributed by atoms with E-state index in [2.05, 4.69) is 17.3 Å². The molecule has 1 aliphatic heterocycles. The molecule has 6 nitrogen and oxygen atoms in total. The first-order valence-corrected chi connectivity index (χ1v) is 9.69. The van der Waals surface area contributed by atoms with E-state index in [4.69, 9.17) is 4.74 Å². The smallest absolute Gasteiger partial charge is 0.259 e. The standard InChI is InChI=1S/C22H27N3O3/c1-3-15-28-20-10-5-4-9-19(20)21(26)23-18-8-6-7-17(16-18)22(27)25-13-11-24(2)12-14-25/h4-10,16H,3,11-15H2,1-2H3,(H,23,26). The van der Waals surface area contributed by atoms with E-state index < -0.39 is 0 Å². The summed E-state index contributed by atoms with van der Waals surface area (Å²) >= 11 is 0. The monoisotopic (exact) mass is 381 g/mol. The van der Waals surface area contributed by atoms with E-state index in [1.807, 2.05) is 17.9 Å². The SMILES string of the molecule is CCCOc1ccccc1C(=O)Nc1cccc(C(=O)N2CCN(C)CC2)c1. The van der Waals surface area contributed by atoms with E-state index in [1.165, 1.54) is 0 Å². The molecule has 0 radical (unpaired) electrons. The van der Waals surface area contributed by atoms with Crippen molar-refractivity contribution in [3.8, 4) is 5.75 Å². The summed E-state index contributed by atoms with van der Waals surface area (Å²) in [4.78, 5) is 29.5. The van der Waals surface area contributed by atoms with Crippen LogP contribution in [0, 0.1) is 0 Å². The second kappa shape index (κ2) is 9.37. The lowest BCUT2D eigenvalue weighted by Gasteiger charge is -2.32. The average molecular weight is 381 g/mol. The number of hydrogen-bond donors (Lipinski definition) is 1. The second-order valence-corrected chi connectivity index (χ2v) is 6.98. The summed E-state index contributed by atoms with van der Waals surface area (Å²) in [6, 6.07) is 14.3. The molecule has 0 aliphatic carbocycles. The molecule has 0 bridgehead atoms. The molecular weight excluding hydrogens is 354 g/mol. The molecule has 2 aromatic carbocycles. The molecule has 6 heteroatoms. The summed E-state index contributed by atoms with van der Waals surface area (Å²) in [5, 5.41) is 2.88. The van der Waals surface area contributed by atoms with Gasteiger partial charge in [0.15, 0.2) is 0 Å². The van der Waals surface area contributed by atoms with Crippen LogP contribution in [0.2, 0.25) is 0 Å². The van der Waals surface area contributed by atoms with Gasteiger partial charge in [0, 0.05) is 37.4 Å². The van der Waals surface area contributed by atoms with E-state index in [1.54, 1.807) is 42.5 Å². The normalized spacial score (nSPS) is 14.6. The fourth-order valence-corrected chi connectivity index (χ4v) is 3.11. The Labute approximate surface area is 166 Å². The number of likely N-dealkylation sites (N-methyl/N-ethyl adjacent to an activating group) is 1. The van der Waals surface area contributed by atoms with Gasteiger partial charge in [-0.15, -0.1) is 0 Å². The minimum absolute atomic E-state index is 0.00382. The number of piperazine rings is 1. The number of carbonyl (C=O) groups is 2. The lowest BCUT2D eigenvalue weighted by atomic mass is 10.1. The lowest BCUT2D eigenvalue weighted by molar-refractivity contribution is 0.0664. The molecule has 0 spiro atoms. The van der Waals surface area contributed by atoms with Gasteiger partial charge in [0.2, 0.25) is 0 Å². The number of amides is 2. The molecule has 1 N–H and O–H groups in total. The van der Waals surface area contributed by atoms with Crippen molar-refractivity contribution in [2.24, 2.45) is 0 Å². The Balaban J connectivity index is 1.71. The number of ether oxygens (including phenoxy) is 1. The Hall–Kier alpha value is -2.86. The predicted octanol–water partition coefficient (Wildman–Crippen LogP) is 3.12. The Kier molecular flexibility index (Phi) is 6.66. The van der Waals surface area contributed by atoms with Gasteiger partial charge in [-0.2, -0.15) is 0 Å². The van der Waals surface area contributed by atoms with Gasteiger partial charge in [0.05, 0.1) is 12.2 Å². The van der Waals surface area contributed by atoms with Gasteiger partial charge in [-0.1, -0.05) is 25.1 Å². The van der Waals surface area contributed by atoms with Gasteiger partial charge in [0.25, 0.3) is 11.8 Å². The highest BCUT2D eigenvalue weighted by molar-refractivity contribution is 6.06. The van der Waals surface area contributed by atoms with E-state index in [9.17, 15) is 9.59 Å². The van der Waals surface area contributed by atoms with Crippen LogP contribution >= 0.6 is 0 Å². The topological polar surface area (TPSA) is 61.9 Å². The number of carbonyl (C=O) groups excluding carboxylic acids is 2. The van der Waals surface area contributed by atoms with Gasteiger partial charge in [-0.3, -0.25) is 9.59 Å². The van der Waals surface area contributed by atoms with Crippen LogP contribution in [-0.2, 0) is 0 Å². The van der Waals surface area contributed by atoms with Crippen LogP contribution in [0.3, 0.4) is 0 Å².